The summed E-state index contributed by atoms with van der Waals surface area (Å²) < 4.78 is 19.3. The zero-order chi connectivity index (χ0) is 12.7. The van der Waals surface area contributed by atoms with Gasteiger partial charge in [0.25, 0.3) is 5.56 Å². The third-order valence-corrected chi connectivity index (χ3v) is 2.61. The van der Waals surface area contributed by atoms with Crippen molar-refractivity contribution in [3.8, 4) is 5.88 Å². The average Bonchev–Trinajstić information content (AvgIpc) is 2.84. The lowest BCUT2D eigenvalue weighted by atomic mass is 10.2. The van der Waals surface area contributed by atoms with Crippen LogP contribution in [0.1, 0.15) is 0 Å². The first-order chi connectivity index (χ1) is 8.68. The maximum atomic E-state index is 13.5. The van der Waals surface area contributed by atoms with Crippen LogP contribution in [-0.2, 0) is 0 Å². The van der Waals surface area contributed by atoms with E-state index in [1.54, 1.807) is 6.07 Å². The highest BCUT2D eigenvalue weighted by Crippen LogP contribution is 2.11. The van der Waals surface area contributed by atoms with Crippen molar-refractivity contribution in [2.45, 2.75) is 0 Å². The molecule has 0 aliphatic carbocycles. The number of H-pyrrole nitrogens is 1. The van der Waals surface area contributed by atoms with Crippen LogP contribution in [0.4, 0.5) is 4.39 Å². The van der Waals surface area contributed by atoms with Crippen LogP contribution in [0, 0.1) is 5.82 Å². The van der Waals surface area contributed by atoms with Gasteiger partial charge in [-0.1, -0.05) is 6.07 Å². The van der Waals surface area contributed by atoms with E-state index in [2.05, 4.69) is 4.98 Å². The molecule has 0 spiro atoms. The average molecular weight is 246 g/mol. The summed E-state index contributed by atoms with van der Waals surface area (Å²) in [6, 6.07) is 7.05. The molecule has 0 aliphatic rings. The minimum atomic E-state index is -0.743. The van der Waals surface area contributed by atoms with Gasteiger partial charge in [-0.25, -0.2) is 9.18 Å². The van der Waals surface area contributed by atoms with E-state index < -0.39 is 17.1 Å². The van der Waals surface area contributed by atoms with Crippen molar-refractivity contribution < 1.29 is 8.81 Å². The fourth-order valence-electron chi connectivity index (χ4n) is 1.80. The van der Waals surface area contributed by atoms with Crippen molar-refractivity contribution in [2.24, 2.45) is 0 Å². The lowest BCUT2D eigenvalue weighted by Crippen LogP contribution is -2.33. The summed E-state index contributed by atoms with van der Waals surface area (Å²) in [6.45, 7) is 0. The van der Waals surface area contributed by atoms with Crippen LogP contribution in [0.15, 0.2) is 50.6 Å². The fourth-order valence-corrected chi connectivity index (χ4v) is 1.80. The number of nitrogens with one attached hydrogen (secondary N) is 1. The summed E-state index contributed by atoms with van der Waals surface area (Å²) in [4.78, 5) is 26.2. The monoisotopic (exact) mass is 246 g/mol. The third-order valence-electron chi connectivity index (χ3n) is 2.61. The molecule has 3 rings (SSSR count). The first-order valence-corrected chi connectivity index (χ1v) is 5.16. The van der Waals surface area contributed by atoms with Gasteiger partial charge in [0.1, 0.15) is 5.82 Å². The zero-order valence-corrected chi connectivity index (χ0v) is 9.01. The molecule has 0 bridgehead atoms. The molecule has 0 amide bonds. The maximum Gasteiger partial charge on any atom is 0.336 e. The zero-order valence-electron chi connectivity index (χ0n) is 9.01. The number of rotatable bonds is 1. The highest BCUT2D eigenvalue weighted by atomic mass is 19.1. The fraction of sp³-hybridized carbons (Fsp3) is 0. The molecule has 90 valence electrons. The molecule has 5 nitrogen and oxygen atoms in total. The van der Waals surface area contributed by atoms with Crippen LogP contribution in [0.5, 0.6) is 0 Å². The lowest BCUT2D eigenvalue weighted by molar-refractivity contribution is 0.527. The molecule has 0 saturated carbocycles. The Hall–Kier alpha value is -2.63. The van der Waals surface area contributed by atoms with Gasteiger partial charge in [-0.05, 0) is 18.2 Å². The molecule has 6 heteroatoms. The first-order valence-electron chi connectivity index (χ1n) is 5.16. The summed E-state index contributed by atoms with van der Waals surface area (Å²) >= 11 is 0. The third kappa shape index (κ3) is 1.39. The molecular weight excluding hydrogens is 239 g/mol. The van der Waals surface area contributed by atoms with Gasteiger partial charge in [-0.3, -0.25) is 4.79 Å². The Morgan fingerprint density at radius 3 is 2.72 bits per heavy atom. The molecule has 0 saturated heterocycles. The lowest BCUT2D eigenvalue weighted by Gasteiger charge is -2.03. The van der Waals surface area contributed by atoms with Crippen molar-refractivity contribution >= 4 is 10.9 Å². The van der Waals surface area contributed by atoms with Gasteiger partial charge in [0.2, 0.25) is 5.88 Å². The number of para-hydroxylation sites is 1. The molecule has 1 aromatic carbocycles. The van der Waals surface area contributed by atoms with E-state index in [1.165, 1.54) is 30.5 Å². The van der Waals surface area contributed by atoms with Crippen molar-refractivity contribution in [3.05, 3.63) is 63.3 Å². The summed E-state index contributed by atoms with van der Waals surface area (Å²) in [5.41, 5.74) is -1.47. The number of aromatic amines is 1. The van der Waals surface area contributed by atoms with Crippen molar-refractivity contribution in [1.82, 2.24) is 9.55 Å². The molecule has 0 unspecified atom stereocenters. The Morgan fingerprint density at radius 1 is 1.17 bits per heavy atom. The summed E-state index contributed by atoms with van der Waals surface area (Å²) in [7, 11) is 0. The number of furan rings is 1. The van der Waals surface area contributed by atoms with E-state index in [1.807, 2.05) is 0 Å². The van der Waals surface area contributed by atoms with E-state index in [4.69, 9.17) is 4.42 Å². The minimum absolute atomic E-state index is 0.0889. The van der Waals surface area contributed by atoms with Crippen LogP contribution in [0.2, 0.25) is 0 Å². The van der Waals surface area contributed by atoms with Gasteiger partial charge in [0.05, 0.1) is 17.2 Å². The molecule has 3 aromatic rings. The standard InChI is InChI=1S/C12H7FN2O3/c13-8-4-1-3-7-10(8)14-12(17)15(11(7)16)9-5-2-6-18-9/h1-6H,(H,14,17). The van der Waals surface area contributed by atoms with Gasteiger partial charge in [-0.2, -0.15) is 4.57 Å². The summed E-state index contributed by atoms with van der Waals surface area (Å²) in [5.74, 6) is -0.555. The van der Waals surface area contributed by atoms with Gasteiger partial charge in [-0.15, -0.1) is 0 Å². The second-order valence-corrected chi connectivity index (χ2v) is 3.68. The molecule has 0 aliphatic heterocycles. The first kappa shape index (κ1) is 10.5. The number of fused-ring (bicyclic) bond motifs is 1. The van der Waals surface area contributed by atoms with Crippen LogP contribution in [-0.4, -0.2) is 9.55 Å². The Morgan fingerprint density at radius 2 is 2.00 bits per heavy atom. The van der Waals surface area contributed by atoms with Crippen molar-refractivity contribution in [1.29, 1.82) is 0 Å². The predicted octanol–water partition coefficient (Wildman–Crippen LogP) is 1.41. The van der Waals surface area contributed by atoms with E-state index >= 15 is 0 Å². The van der Waals surface area contributed by atoms with E-state index in [-0.39, 0.29) is 16.8 Å². The number of hydrogen-bond acceptors (Lipinski definition) is 3. The quantitative estimate of drug-likeness (QED) is 0.705. The van der Waals surface area contributed by atoms with Gasteiger partial charge in [0, 0.05) is 6.07 Å². The molecule has 0 atom stereocenters. The molecular formula is C12H7FN2O3. The smallest absolute Gasteiger partial charge is 0.336 e. The molecule has 0 fully saturated rings. The van der Waals surface area contributed by atoms with E-state index in [0.717, 1.165) is 4.57 Å². The Labute approximate surface area is 99.1 Å². The summed E-state index contributed by atoms with van der Waals surface area (Å²) in [6.07, 6.45) is 1.34. The van der Waals surface area contributed by atoms with Crippen LogP contribution >= 0.6 is 0 Å². The summed E-state index contributed by atoms with van der Waals surface area (Å²) in [5, 5.41) is 0.0889. The minimum Gasteiger partial charge on any atom is -0.448 e. The maximum absolute atomic E-state index is 13.5. The van der Waals surface area contributed by atoms with Crippen LogP contribution < -0.4 is 11.2 Å². The van der Waals surface area contributed by atoms with E-state index in [0.29, 0.717) is 0 Å². The van der Waals surface area contributed by atoms with Crippen molar-refractivity contribution in [3.63, 3.8) is 0 Å². The number of aromatic nitrogens is 2. The molecule has 0 radical (unpaired) electrons. The molecule has 2 heterocycles. The second-order valence-electron chi connectivity index (χ2n) is 3.68. The molecule has 2 aromatic heterocycles. The van der Waals surface area contributed by atoms with Gasteiger partial charge >= 0.3 is 5.69 Å². The molecule has 18 heavy (non-hydrogen) atoms. The molecule has 1 N–H and O–H groups in total. The highest BCUT2D eigenvalue weighted by molar-refractivity contribution is 5.77. The SMILES string of the molecule is O=c1[nH]c2c(F)cccc2c(=O)n1-c1ccco1. The largest absolute Gasteiger partial charge is 0.448 e. The predicted molar refractivity (Wildman–Crippen MR) is 62.4 cm³/mol. The van der Waals surface area contributed by atoms with Gasteiger partial charge in [0.15, 0.2) is 0 Å². The number of nitrogens with zero attached hydrogens (tertiary/aromatic N) is 1. The topological polar surface area (TPSA) is 68.0 Å². The van der Waals surface area contributed by atoms with Crippen molar-refractivity contribution in [2.75, 3.05) is 0 Å². The second kappa shape index (κ2) is 3.69. The van der Waals surface area contributed by atoms with Crippen LogP contribution in [0.25, 0.3) is 16.8 Å². The van der Waals surface area contributed by atoms with E-state index in [9.17, 15) is 14.0 Å². The number of benzene rings is 1. The Kier molecular flexibility index (Phi) is 2.16. The Balaban J connectivity index is 2.50. The van der Waals surface area contributed by atoms with Crippen LogP contribution in [0.3, 0.4) is 0 Å². The van der Waals surface area contributed by atoms with Gasteiger partial charge < -0.3 is 9.40 Å². The normalized spacial score (nSPS) is 10.9. The number of halogens is 1. The Bertz CT molecular complexity index is 831. The highest BCUT2D eigenvalue weighted by Gasteiger charge is 2.12. The number of hydrogen-bond donors (Lipinski definition) is 1.